The highest BCUT2D eigenvalue weighted by Gasteiger charge is 1.48. The third-order valence-corrected chi connectivity index (χ3v) is 0.384. The van der Waals surface area contributed by atoms with Gasteiger partial charge in [-0.1, -0.05) is 19.9 Å². The molecule has 0 spiro atoms. The summed E-state index contributed by atoms with van der Waals surface area (Å²) >= 11 is 0. The molecule has 0 atom stereocenters. The van der Waals surface area contributed by atoms with Crippen LogP contribution in [0.5, 0.6) is 0 Å². The van der Waals surface area contributed by atoms with E-state index >= 15 is 0 Å². The van der Waals surface area contributed by atoms with Crippen molar-refractivity contribution < 1.29 is 0 Å². The topological polar surface area (TPSA) is 48.6 Å². The molecule has 0 aliphatic heterocycles. The highest BCUT2D eigenvalue weighted by Crippen LogP contribution is 1.67. The van der Waals surface area contributed by atoms with Crippen molar-refractivity contribution in [2.75, 3.05) is 7.05 Å². The minimum Gasteiger partial charge on any atom is -0.270 e. The zero-order chi connectivity index (χ0) is 9.54. The average molecular weight is 157 g/mol. The van der Waals surface area contributed by atoms with Gasteiger partial charge in [-0.25, -0.2) is 10.6 Å². The first-order valence-electron chi connectivity index (χ1n) is 3.68. The molecule has 3 nitrogen and oxygen atoms in total. The molecule has 0 saturated carbocycles. The molecule has 66 valence electrons. The van der Waals surface area contributed by atoms with Crippen molar-refractivity contribution in [2.45, 2.75) is 27.7 Å². The fourth-order valence-corrected chi connectivity index (χ4v) is 0.172. The van der Waals surface area contributed by atoms with Gasteiger partial charge in [-0.15, -0.1) is 0 Å². The second-order valence-electron chi connectivity index (χ2n) is 1.11. The van der Waals surface area contributed by atoms with Crippen LogP contribution < -0.4 is 0 Å². The second kappa shape index (κ2) is 36.0. The Balaban J connectivity index is -0.000000109. The predicted octanol–water partition coefficient (Wildman–Crippen LogP) is 3.28. The van der Waals surface area contributed by atoms with Gasteiger partial charge in [-0.3, -0.25) is 4.99 Å². The SMILES string of the molecule is CC.CC=CN=CC.CN=N. The molecule has 0 aromatic heterocycles. The average Bonchev–Trinajstić information content (AvgIpc) is 2.06. The molecular weight excluding hydrogens is 138 g/mol. The Morgan fingerprint density at radius 3 is 1.64 bits per heavy atom. The summed E-state index contributed by atoms with van der Waals surface area (Å²) in [7, 11) is 1.42. The molecule has 0 bridgehead atoms. The third-order valence-electron chi connectivity index (χ3n) is 0.384. The second-order valence-corrected chi connectivity index (χ2v) is 1.11. The van der Waals surface area contributed by atoms with E-state index in [2.05, 4.69) is 10.1 Å². The van der Waals surface area contributed by atoms with Crippen LogP contribution in [0.25, 0.3) is 0 Å². The number of aliphatic imine (C=N–C) groups is 1. The molecule has 1 N–H and O–H groups in total. The highest BCUT2D eigenvalue weighted by atomic mass is 14.9. The van der Waals surface area contributed by atoms with E-state index in [1.807, 2.05) is 33.8 Å². The molecule has 0 saturated heterocycles. The molecule has 0 unspecified atom stereocenters. The van der Waals surface area contributed by atoms with Gasteiger partial charge < -0.3 is 0 Å². The molecule has 0 aliphatic rings. The van der Waals surface area contributed by atoms with Crippen molar-refractivity contribution in [1.29, 1.82) is 5.53 Å². The Labute approximate surface area is 69.7 Å². The molecular formula is C8H19N3. The normalized spacial score (nSPS) is 8.09. The van der Waals surface area contributed by atoms with Gasteiger partial charge in [0.25, 0.3) is 0 Å². The quantitative estimate of drug-likeness (QED) is 0.448. The number of allylic oxidation sites excluding steroid dienone is 1. The zero-order valence-corrected chi connectivity index (χ0v) is 8.13. The molecule has 0 aromatic rings. The Bertz CT molecular complexity index is 85.5. The summed E-state index contributed by atoms with van der Waals surface area (Å²) in [6.45, 7) is 7.83. The molecule has 0 radical (unpaired) electrons. The van der Waals surface area contributed by atoms with Crippen LogP contribution in [0.4, 0.5) is 0 Å². The monoisotopic (exact) mass is 157 g/mol. The lowest BCUT2D eigenvalue weighted by atomic mass is 10.7. The van der Waals surface area contributed by atoms with E-state index in [4.69, 9.17) is 5.53 Å². The van der Waals surface area contributed by atoms with E-state index in [1.54, 1.807) is 12.4 Å². The largest absolute Gasteiger partial charge is 0.270 e. The van der Waals surface area contributed by atoms with Crippen LogP contribution >= 0.6 is 0 Å². The zero-order valence-electron chi connectivity index (χ0n) is 8.13. The van der Waals surface area contributed by atoms with E-state index < -0.39 is 0 Å². The van der Waals surface area contributed by atoms with E-state index in [1.165, 1.54) is 7.05 Å². The summed E-state index contributed by atoms with van der Waals surface area (Å²) in [5, 5.41) is 2.75. The van der Waals surface area contributed by atoms with Crippen molar-refractivity contribution in [3.8, 4) is 0 Å². The van der Waals surface area contributed by atoms with Crippen LogP contribution in [0, 0.1) is 5.53 Å². The lowest BCUT2D eigenvalue weighted by Crippen LogP contribution is -1.49. The van der Waals surface area contributed by atoms with Crippen LogP contribution in [0.15, 0.2) is 22.4 Å². The highest BCUT2D eigenvalue weighted by molar-refractivity contribution is 5.54. The minimum atomic E-state index is 1.42. The first-order valence-corrected chi connectivity index (χ1v) is 3.68. The van der Waals surface area contributed by atoms with E-state index in [9.17, 15) is 0 Å². The van der Waals surface area contributed by atoms with Gasteiger partial charge in [0.15, 0.2) is 0 Å². The van der Waals surface area contributed by atoms with Gasteiger partial charge in [0.1, 0.15) is 0 Å². The van der Waals surface area contributed by atoms with E-state index in [0.29, 0.717) is 0 Å². The Morgan fingerprint density at radius 2 is 1.55 bits per heavy atom. The summed E-state index contributed by atoms with van der Waals surface area (Å²) < 4.78 is 0. The summed E-state index contributed by atoms with van der Waals surface area (Å²) in [5.41, 5.74) is 5.83. The van der Waals surface area contributed by atoms with Crippen molar-refractivity contribution in [2.24, 2.45) is 10.1 Å². The summed E-state index contributed by atoms with van der Waals surface area (Å²) in [6, 6.07) is 0. The molecule has 0 amide bonds. The van der Waals surface area contributed by atoms with Gasteiger partial charge >= 0.3 is 0 Å². The smallest absolute Gasteiger partial charge is 0.0485 e. The first kappa shape index (κ1) is 16.5. The van der Waals surface area contributed by atoms with Crippen LogP contribution in [-0.2, 0) is 0 Å². The van der Waals surface area contributed by atoms with E-state index in [0.717, 1.165) is 0 Å². The van der Waals surface area contributed by atoms with Crippen molar-refractivity contribution in [3.05, 3.63) is 12.3 Å². The lowest BCUT2D eigenvalue weighted by Gasteiger charge is -1.64. The maximum atomic E-state index is 5.83. The summed E-state index contributed by atoms with van der Waals surface area (Å²) in [4.78, 5) is 3.78. The number of hydrogen-bond acceptors (Lipinski definition) is 3. The first-order chi connectivity index (χ1) is 5.33. The molecule has 0 fully saturated rings. The molecule has 0 rings (SSSR count). The predicted molar refractivity (Wildman–Crippen MR) is 51.4 cm³/mol. The number of nitrogens with zero attached hydrogens (tertiary/aromatic N) is 2. The maximum absolute atomic E-state index is 5.83. The van der Waals surface area contributed by atoms with Gasteiger partial charge in [0.2, 0.25) is 0 Å². The molecule has 0 aromatic carbocycles. The Kier molecular flexibility index (Phi) is 54.0. The molecule has 11 heavy (non-hydrogen) atoms. The number of nitrogens with one attached hydrogen (secondary N) is 1. The van der Waals surface area contributed by atoms with Crippen LogP contribution in [-0.4, -0.2) is 13.3 Å². The number of hydrogen-bond donors (Lipinski definition) is 1. The number of rotatable bonds is 1. The van der Waals surface area contributed by atoms with Gasteiger partial charge in [0, 0.05) is 19.5 Å². The maximum Gasteiger partial charge on any atom is 0.0485 e. The van der Waals surface area contributed by atoms with Gasteiger partial charge in [-0.05, 0) is 13.8 Å². The van der Waals surface area contributed by atoms with Crippen molar-refractivity contribution in [3.63, 3.8) is 0 Å². The lowest BCUT2D eigenvalue weighted by molar-refractivity contribution is 1.09. The van der Waals surface area contributed by atoms with Crippen LogP contribution in [0.2, 0.25) is 0 Å². The van der Waals surface area contributed by atoms with Crippen LogP contribution in [0.3, 0.4) is 0 Å². The van der Waals surface area contributed by atoms with Crippen LogP contribution in [0.1, 0.15) is 27.7 Å². The molecule has 3 heteroatoms. The van der Waals surface area contributed by atoms with Crippen molar-refractivity contribution >= 4 is 6.21 Å². The minimum absolute atomic E-state index is 1.42. The summed E-state index contributed by atoms with van der Waals surface area (Å²) in [6.07, 6.45) is 5.39. The van der Waals surface area contributed by atoms with Gasteiger partial charge in [-0.2, -0.15) is 0 Å². The molecule has 0 aliphatic carbocycles. The standard InChI is InChI=1S/C5H9N.C2H6.CH4N2/c1-3-5-6-4-2;1-2;1-3-2/h3-5H,1-2H3;1-2H3;2H,1H3. The molecule has 0 heterocycles. The van der Waals surface area contributed by atoms with Gasteiger partial charge in [0.05, 0.1) is 0 Å². The Hall–Kier alpha value is -0.990. The fourth-order valence-electron chi connectivity index (χ4n) is 0.172. The van der Waals surface area contributed by atoms with E-state index in [-0.39, 0.29) is 0 Å². The Morgan fingerprint density at radius 1 is 1.18 bits per heavy atom. The fraction of sp³-hybridized carbons (Fsp3) is 0.625. The summed E-state index contributed by atoms with van der Waals surface area (Å²) in [5.74, 6) is 0. The third kappa shape index (κ3) is 110. The van der Waals surface area contributed by atoms with Crippen molar-refractivity contribution in [1.82, 2.24) is 0 Å².